The fourth-order valence-corrected chi connectivity index (χ4v) is 4.93. The van der Waals surface area contributed by atoms with Crippen molar-refractivity contribution in [3.63, 3.8) is 0 Å². The zero-order valence-corrected chi connectivity index (χ0v) is 21.5. The van der Waals surface area contributed by atoms with E-state index < -0.39 is 23.7 Å². The smallest absolute Gasteiger partial charge is 0.433 e. The average molecular weight is 568 g/mol. The minimum Gasteiger partial charge on any atom is -0.497 e. The van der Waals surface area contributed by atoms with Gasteiger partial charge in [-0.1, -0.05) is 30.3 Å². The maximum absolute atomic E-state index is 13.7. The number of halogens is 3. The number of nitrogens with zero attached hydrogens (tertiary/aromatic N) is 3. The van der Waals surface area contributed by atoms with E-state index in [1.165, 1.54) is 16.9 Å². The van der Waals surface area contributed by atoms with Gasteiger partial charge in [0.2, 0.25) is 0 Å². The molecule has 0 fully saturated rings. The molecule has 0 atom stereocenters. The Morgan fingerprint density at radius 1 is 1.05 bits per heavy atom. The van der Waals surface area contributed by atoms with Crippen LogP contribution in [0.5, 0.6) is 11.5 Å². The molecule has 2 aromatic carbocycles. The van der Waals surface area contributed by atoms with Gasteiger partial charge >= 0.3 is 6.18 Å². The SMILES string of the molecule is COc1ccc(OCn2ccc(C(=O)Nc3c(C(N)=O)sc4nc(C(F)(F)F)cc(-c5ccccc5)c34)n2)cc1. The van der Waals surface area contributed by atoms with Crippen LogP contribution in [-0.4, -0.2) is 33.7 Å². The number of carbonyl (C=O) groups excluding carboxylic acids is 2. The van der Waals surface area contributed by atoms with Crippen molar-refractivity contribution in [2.75, 3.05) is 12.4 Å². The molecule has 0 radical (unpaired) electrons. The normalized spacial score (nSPS) is 11.4. The molecule has 0 spiro atoms. The second kappa shape index (κ2) is 10.7. The third-order valence-electron chi connectivity index (χ3n) is 5.80. The van der Waals surface area contributed by atoms with E-state index in [9.17, 15) is 22.8 Å². The van der Waals surface area contributed by atoms with E-state index in [2.05, 4.69) is 15.4 Å². The molecule has 3 heterocycles. The Hall–Kier alpha value is -4.91. The lowest BCUT2D eigenvalue weighted by Crippen LogP contribution is -2.18. The molecular weight excluding hydrogens is 547 g/mol. The van der Waals surface area contributed by atoms with Crippen LogP contribution in [0.4, 0.5) is 18.9 Å². The van der Waals surface area contributed by atoms with Gasteiger partial charge < -0.3 is 20.5 Å². The van der Waals surface area contributed by atoms with Crippen molar-refractivity contribution >= 4 is 39.1 Å². The summed E-state index contributed by atoms with van der Waals surface area (Å²) in [5.74, 6) is -0.409. The Kier molecular flexibility index (Phi) is 7.13. The first-order valence-corrected chi connectivity index (χ1v) is 12.5. The number of methoxy groups -OCH3 is 1. The first-order valence-electron chi connectivity index (χ1n) is 11.7. The van der Waals surface area contributed by atoms with Crippen LogP contribution in [0.3, 0.4) is 0 Å². The average Bonchev–Trinajstić information content (AvgIpc) is 3.57. The van der Waals surface area contributed by atoms with Gasteiger partial charge in [0.1, 0.15) is 26.9 Å². The van der Waals surface area contributed by atoms with Gasteiger partial charge in [-0.3, -0.25) is 9.59 Å². The van der Waals surface area contributed by atoms with Crippen molar-refractivity contribution in [3.05, 3.63) is 89.2 Å². The number of ether oxygens (including phenoxy) is 2. The van der Waals surface area contributed by atoms with E-state index in [1.54, 1.807) is 61.7 Å². The van der Waals surface area contributed by atoms with Gasteiger partial charge in [-0.05, 0) is 47.5 Å². The fraction of sp³-hybridized carbons (Fsp3) is 0.111. The molecule has 5 rings (SSSR count). The standard InChI is InChI=1S/C27H20F3N5O4S/c1-38-16-7-9-17(10-8-16)39-14-35-12-11-19(34-35)25(37)33-22-21-18(15-5-3-2-4-6-15)13-20(27(28,29)30)32-26(21)40-23(22)24(31)36/h2-13H,14H2,1H3,(H2,31,36)(H,33,37). The number of anilines is 1. The molecule has 2 amide bonds. The number of carbonyl (C=O) groups is 2. The van der Waals surface area contributed by atoms with Crippen molar-refractivity contribution < 1.29 is 32.2 Å². The number of pyridine rings is 1. The Balaban J connectivity index is 1.48. The van der Waals surface area contributed by atoms with Gasteiger partial charge in [0.25, 0.3) is 11.8 Å². The van der Waals surface area contributed by atoms with Crippen LogP contribution in [0.2, 0.25) is 0 Å². The summed E-state index contributed by atoms with van der Waals surface area (Å²) < 4.78 is 53.2. The maximum atomic E-state index is 13.7. The van der Waals surface area contributed by atoms with E-state index in [1.807, 2.05) is 0 Å². The summed E-state index contributed by atoms with van der Waals surface area (Å²) in [7, 11) is 1.55. The number of nitrogens with two attached hydrogens (primary N) is 1. The Bertz CT molecular complexity index is 1700. The highest BCUT2D eigenvalue weighted by Gasteiger charge is 2.35. The van der Waals surface area contributed by atoms with Crippen LogP contribution in [0, 0.1) is 0 Å². The summed E-state index contributed by atoms with van der Waals surface area (Å²) in [6, 6.07) is 17.5. The topological polar surface area (TPSA) is 121 Å². The molecule has 204 valence electrons. The van der Waals surface area contributed by atoms with E-state index in [0.717, 1.165) is 6.07 Å². The number of nitrogens with one attached hydrogen (secondary N) is 1. The molecule has 3 aromatic heterocycles. The van der Waals surface area contributed by atoms with Crippen molar-refractivity contribution in [1.29, 1.82) is 0 Å². The van der Waals surface area contributed by atoms with Gasteiger partial charge in [-0.25, -0.2) is 9.67 Å². The van der Waals surface area contributed by atoms with Gasteiger partial charge in [0.15, 0.2) is 12.4 Å². The van der Waals surface area contributed by atoms with Crippen LogP contribution in [-0.2, 0) is 12.9 Å². The number of rotatable bonds is 8. The molecule has 40 heavy (non-hydrogen) atoms. The highest BCUT2D eigenvalue weighted by molar-refractivity contribution is 7.21. The minimum atomic E-state index is -4.74. The molecule has 5 aromatic rings. The lowest BCUT2D eigenvalue weighted by Gasteiger charge is -2.12. The maximum Gasteiger partial charge on any atom is 0.433 e. The number of thiophene rings is 1. The number of hydrogen-bond donors (Lipinski definition) is 2. The summed E-state index contributed by atoms with van der Waals surface area (Å²) in [6.07, 6.45) is -3.22. The monoisotopic (exact) mass is 567 g/mol. The number of alkyl halides is 3. The molecule has 0 unspecified atom stereocenters. The molecule has 3 N–H and O–H groups in total. The van der Waals surface area contributed by atoms with Crippen molar-refractivity contribution in [1.82, 2.24) is 14.8 Å². The second-order valence-electron chi connectivity index (χ2n) is 8.41. The van der Waals surface area contributed by atoms with E-state index in [-0.39, 0.29) is 38.8 Å². The number of amides is 2. The Morgan fingerprint density at radius 2 is 1.75 bits per heavy atom. The Labute approximate surface area is 229 Å². The van der Waals surface area contributed by atoms with Gasteiger partial charge in [0, 0.05) is 11.6 Å². The quantitative estimate of drug-likeness (QED) is 0.253. The van der Waals surface area contributed by atoms with Crippen LogP contribution in [0.15, 0.2) is 72.9 Å². The first kappa shape index (κ1) is 26.7. The molecule has 0 saturated heterocycles. The third kappa shape index (κ3) is 5.45. The molecular formula is C27H20F3N5O4S. The predicted octanol–water partition coefficient (Wildman–Crippen LogP) is 5.57. The van der Waals surface area contributed by atoms with E-state index in [4.69, 9.17) is 15.2 Å². The number of primary amides is 1. The molecule has 0 bridgehead atoms. The molecule has 0 aliphatic carbocycles. The Morgan fingerprint density at radius 3 is 2.40 bits per heavy atom. The van der Waals surface area contributed by atoms with Gasteiger partial charge in [-0.15, -0.1) is 11.3 Å². The number of aromatic nitrogens is 3. The van der Waals surface area contributed by atoms with E-state index >= 15 is 0 Å². The van der Waals surface area contributed by atoms with Crippen molar-refractivity contribution in [2.45, 2.75) is 12.9 Å². The second-order valence-corrected chi connectivity index (χ2v) is 9.41. The highest BCUT2D eigenvalue weighted by atomic mass is 32.1. The summed E-state index contributed by atoms with van der Waals surface area (Å²) in [6.45, 7) is -0.00415. The fourth-order valence-electron chi connectivity index (χ4n) is 3.93. The van der Waals surface area contributed by atoms with Crippen LogP contribution < -0.4 is 20.5 Å². The predicted molar refractivity (Wildman–Crippen MR) is 142 cm³/mol. The third-order valence-corrected chi connectivity index (χ3v) is 6.89. The lowest BCUT2D eigenvalue weighted by molar-refractivity contribution is -0.140. The minimum absolute atomic E-state index is 0.00415. The summed E-state index contributed by atoms with van der Waals surface area (Å²) in [5, 5.41) is 6.98. The van der Waals surface area contributed by atoms with Gasteiger partial charge in [-0.2, -0.15) is 18.3 Å². The number of hydrogen-bond acceptors (Lipinski definition) is 7. The molecule has 9 nitrogen and oxygen atoms in total. The summed E-state index contributed by atoms with van der Waals surface area (Å²) >= 11 is 0.667. The lowest BCUT2D eigenvalue weighted by atomic mass is 10.0. The summed E-state index contributed by atoms with van der Waals surface area (Å²) in [5.41, 5.74) is 4.92. The van der Waals surface area contributed by atoms with Crippen LogP contribution in [0.25, 0.3) is 21.3 Å². The van der Waals surface area contributed by atoms with Crippen LogP contribution in [0.1, 0.15) is 25.9 Å². The van der Waals surface area contributed by atoms with Gasteiger partial charge in [0.05, 0.1) is 12.8 Å². The number of benzene rings is 2. The molecule has 0 aliphatic heterocycles. The zero-order chi connectivity index (χ0) is 28.4. The zero-order valence-electron chi connectivity index (χ0n) is 20.7. The highest BCUT2D eigenvalue weighted by Crippen LogP contribution is 2.43. The summed E-state index contributed by atoms with van der Waals surface area (Å²) in [4.78, 5) is 29.0. The first-order chi connectivity index (χ1) is 19.1. The molecule has 0 saturated carbocycles. The van der Waals surface area contributed by atoms with Crippen LogP contribution >= 0.6 is 11.3 Å². The van der Waals surface area contributed by atoms with Crippen molar-refractivity contribution in [2.24, 2.45) is 5.73 Å². The van der Waals surface area contributed by atoms with E-state index in [0.29, 0.717) is 28.4 Å². The molecule has 13 heteroatoms. The molecule has 0 aliphatic rings. The van der Waals surface area contributed by atoms with Crippen molar-refractivity contribution in [3.8, 4) is 22.6 Å². The number of fused-ring (bicyclic) bond motifs is 1. The largest absolute Gasteiger partial charge is 0.497 e.